The van der Waals surface area contributed by atoms with Crippen molar-refractivity contribution < 1.29 is 17.6 Å². The van der Waals surface area contributed by atoms with Gasteiger partial charge in [-0.05, 0) is 35.1 Å². The van der Waals surface area contributed by atoms with Gasteiger partial charge in [-0.15, -0.1) is 0 Å². The zero-order valence-electron chi connectivity index (χ0n) is 16.7. The van der Waals surface area contributed by atoms with Crippen molar-refractivity contribution in [3.05, 3.63) is 72.0 Å². The van der Waals surface area contributed by atoms with Gasteiger partial charge in [-0.25, -0.2) is 8.42 Å². The van der Waals surface area contributed by atoms with Gasteiger partial charge in [0.25, 0.3) is 10.0 Å². The minimum absolute atomic E-state index is 0.0362. The van der Waals surface area contributed by atoms with Gasteiger partial charge in [0.15, 0.2) is 5.78 Å². The van der Waals surface area contributed by atoms with Gasteiger partial charge < -0.3 is 4.42 Å². The van der Waals surface area contributed by atoms with E-state index in [-0.39, 0.29) is 16.1 Å². The van der Waals surface area contributed by atoms with Gasteiger partial charge in [-0.3, -0.25) is 9.52 Å². The first-order valence-corrected chi connectivity index (χ1v) is 11.3. The molecule has 0 atom stereocenters. The van der Waals surface area contributed by atoms with Gasteiger partial charge in [-0.2, -0.15) is 0 Å². The van der Waals surface area contributed by atoms with Crippen LogP contribution in [-0.4, -0.2) is 14.2 Å². The van der Waals surface area contributed by atoms with Crippen molar-refractivity contribution in [2.75, 3.05) is 4.72 Å². The summed E-state index contributed by atoms with van der Waals surface area (Å²) in [6.45, 7) is 4.09. The van der Waals surface area contributed by atoms with E-state index in [0.29, 0.717) is 46.2 Å². The maximum Gasteiger partial charge on any atom is 0.262 e. The van der Waals surface area contributed by atoms with Crippen LogP contribution in [0.4, 0.5) is 5.69 Å². The van der Waals surface area contributed by atoms with Crippen molar-refractivity contribution in [3.63, 3.8) is 0 Å². The first-order chi connectivity index (χ1) is 14.2. The van der Waals surface area contributed by atoms with Gasteiger partial charge in [0, 0.05) is 29.3 Å². The Morgan fingerprint density at radius 1 is 0.933 bits per heavy atom. The van der Waals surface area contributed by atoms with Crippen molar-refractivity contribution in [1.29, 1.82) is 0 Å². The van der Waals surface area contributed by atoms with Gasteiger partial charge in [-0.1, -0.05) is 50.2 Å². The third kappa shape index (κ3) is 3.08. The standard InChI is InChI=1S/C24H21NO4S/c1-24(2)13-19(26)23-18-12-16(10-11-20(18)29-21(23)14-24)25-30(27,28)22-9-5-7-15-6-3-4-8-17(15)22/h3-12,25H,13-14H2,1-2H3. The second-order valence-corrected chi connectivity index (χ2v) is 10.3. The second-order valence-electron chi connectivity index (χ2n) is 8.63. The Kier molecular flexibility index (Phi) is 4.05. The number of sulfonamides is 1. The number of nitrogens with one attached hydrogen (secondary N) is 1. The monoisotopic (exact) mass is 419 g/mol. The SMILES string of the molecule is CC1(C)CC(=O)c2c(oc3ccc(NS(=O)(=O)c4cccc5ccccc45)cc23)C1. The molecule has 3 aromatic carbocycles. The van der Waals surface area contributed by atoms with Crippen molar-refractivity contribution in [3.8, 4) is 0 Å². The molecular weight excluding hydrogens is 398 g/mol. The average Bonchev–Trinajstić information content (AvgIpc) is 3.03. The summed E-state index contributed by atoms with van der Waals surface area (Å²) in [5, 5.41) is 2.17. The highest BCUT2D eigenvalue weighted by atomic mass is 32.2. The fourth-order valence-corrected chi connectivity index (χ4v) is 5.58. The van der Waals surface area contributed by atoms with Crippen molar-refractivity contribution in [2.45, 2.75) is 31.6 Å². The molecule has 0 saturated carbocycles. The Balaban J connectivity index is 1.57. The lowest BCUT2D eigenvalue weighted by Gasteiger charge is -2.27. The molecule has 4 aromatic rings. The molecule has 0 spiro atoms. The topological polar surface area (TPSA) is 76.4 Å². The normalized spacial score (nSPS) is 16.0. The van der Waals surface area contributed by atoms with Crippen LogP contribution in [0.2, 0.25) is 0 Å². The molecule has 6 heteroatoms. The molecule has 1 aliphatic rings. The predicted molar refractivity (Wildman–Crippen MR) is 117 cm³/mol. The van der Waals surface area contributed by atoms with Crippen molar-refractivity contribution in [1.82, 2.24) is 0 Å². The van der Waals surface area contributed by atoms with Crippen LogP contribution in [0, 0.1) is 5.41 Å². The second kappa shape index (κ2) is 6.44. The molecule has 0 bridgehead atoms. The Morgan fingerprint density at radius 3 is 2.53 bits per heavy atom. The van der Waals surface area contributed by atoms with Crippen LogP contribution < -0.4 is 4.72 Å². The maximum atomic E-state index is 13.1. The lowest BCUT2D eigenvalue weighted by Crippen LogP contribution is -2.25. The van der Waals surface area contributed by atoms with Gasteiger partial charge in [0.2, 0.25) is 0 Å². The fourth-order valence-electron chi connectivity index (χ4n) is 4.30. The van der Waals surface area contributed by atoms with E-state index in [2.05, 4.69) is 4.72 Å². The Labute approximate surface area is 174 Å². The molecule has 5 nitrogen and oxygen atoms in total. The summed E-state index contributed by atoms with van der Waals surface area (Å²) in [5.74, 6) is 0.717. The summed E-state index contributed by atoms with van der Waals surface area (Å²) < 4.78 is 34.8. The van der Waals surface area contributed by atoms with E-state index in [9.17, 15) is 13.2 Å². The molecule has 1 N–H and O–H groups in total. The van der Waals surface area contributed by atoms with Crippen LogP contribution in [0.1, 0.15) is 36.4 Å². The molecule has 152 valence electrons. The number of rotatable bonds is 3. The summed E-state index contributed by atoms with van der Waals surface area (Å²) in [6.07, 6.45) is 1.13. The highest BCUT2D eigenvalue weighted by Gasteiger charge is 2.35. The van der Waals surface area contributed by atoms with E-state index >= 15 is 0 Å². The Morgan fingerprint density at radius 2 is 1.70 bits per heavy atom. The van der Waals surface area contributed by atoms with Crippen LogP contribution in [-0.2, 0) is 16.4 Å². The number of hydrogen-bond acceptors (Lipinski definition) is 4. The van der Waals surface area contributed by atoms with E-state index in [0.717, 1.165) is 5.39 Å². The van der Waals surface area contributed by atoms with E-state index < -0.39 is 10.0 Å². The number of fused-ring (bicyclic) bond motifs is 4. The van der Waals surface area contributed by atoms with Crippen molar-refractivity contribution in [2.24, 2.45) is 5.41 Å². The van der Waals surface area contributed by atoms with E-state index in [1.165, 1.54) is 0 Å². The summed E-state index contributed by atoms with van der Waals surface area (Å²) >= 11 is 0. The Bertz CT molecular complexity index is 1430. The third-order valence-electron chi connectivity index (χ3n) is 5.61. The summed E-state index contributed by atoms with van der Waals surface area (Å²) in [6, 6.07) is 17.6. The molecule has 0 saturated heterocycles. The lowest BCUT2D eigenvalue weighted by atomic mass is 9.76. The van der Waals surface area contributed by atoms with E-state index in [1.54, 1.807) is 36.4 Å². The molecule has 5 rings (SSSR count). The quantitative estimate of drug-likeness (QED) is 0.473. The number of furan rings is 1. The van der Waals surface area contributed by atoms with Crippen LogP contribution in [0.25, 0.3) is 21.7 Å². The molecule has 30 heavy (non-hydrogen) atoms. The molecule has 0 aliphatic heterocycles. The minimum atomic E-state index is -3.81. The highest BCUT2D eigenvalue weighted by molar-refractivity contribution is 7.93. The van der Waals surface area contributed by atoms with E-state index in [1.807, 2.05) is 38.1 Å². The largest absolute Gasteiger partial charge is 0.460 e. The number of Topliss-reactive ketones (excluding diaryl/α,β-unsaturated/α-hetero) is 1. The number of anilines is 1. The smallest absolute Gasteiger partial charge is 0.262 e. The van der Waals surface area contributed by atoms with Crippen molar-refractivity contribution >= 4 is 43.2 Å². The molecule has 1 heterocycles. The number of carbonyl (C=O) groups excluding carboxylic acids is 1. The van der Waals surface area contributed by atoms with Crippen LogP contribution in [0.5, 0.6) is 0 Å². The summed E-state index contributed by atoms with van der Waals surface area (Å²) in [7, 11) is -3.81. The molecule has 0 radical (unpaired) electrons. The van der Waals surface area contributed by atoms with Crippen LogP contribution in [0.3, 0.4) is 0 Å². The van der Waals surface area contributed by atoms with E-state index in [4.69, 9.17) is 4.42 Å². The molecule has 0 amide bonds. The number of hydrogen-bond donors (Lipinski definition) is 1. The zero-order valence-corrected chi connectivity index (χ0v) is 17.5. The first-order valence-electron chi connectivity index (χ1n) is 9.83. The summed E-state index contributed by atoms with van der Waals surface area (Å²) in [4.78, 5) is 13.0. The third-order valence-corrected chi connectivity index (χ3v) is 7.05. The lowest BCUT2D eigenvalue weighted by molar-refractivity contribution is 0.0906. The molecular formula is C24H21NO4S. The van der Waals surface area contributed by atoms with Crippen LogP contribution in [0.15, 0.2) is 70.0 Å². The van der Waals surface area contributed by atoms with Gasteiger partial charge in [0.05, 0.1) is 10.5 Å². The highest BCUT2D eigenvalue weighted by Crippen LogP contribution is 2.40. The first kappa shape index (κ1) is 18.9. The molecule has 0 unspecified atom stereocenters. The maximum absolute atomic E-state index is 13.1. The van der Waals surface area contributed by atoms with Gasteiger partial charge >= 0.3 is 0 Å². The van der Waals surface area contributed by atoms with Crippen LogP contribution >= 0.6 is 0 Å². The number of benzene rings is 3. The fraction of sp³-hybridized carbons (Fsp3) is 0.208. The summed E-state index contributed by atoms with van der Waals surface area (Å²) in [5.41, 5.74) is 1.43. The Hall–Kier alpha value is -3.12. The van der Waals surface area contributed by atoms with Gasteiger partial charge in [0.1, 0.15) is 11.3 Å². The average molecular weight is 420 g/mol. The predicted octanol–water partition coefficient (Wildman–Crippen LogP) is 5.54. The molecule has 0 fully saturated rings. The molecule has 1 aromatic heterocycles. The zero-order chi connectivity index (χ0) is 21.1. The number of ketones is 1. The number of carbonyl (C=O) groups is 1. The minimum Gasteiger partial charge on any atom is -0.460 e. The molecule has 1 aliphatic carbocycles.